The van der Waals surface area contributed by atoms with Gasteiger partial charge in [0.25, 0.3) is 11.5 Å². The Morgan fingerprint density at radius 1 is 0.797 bits per heavy atom. The van der Waals surface area contributed by atoms with Crippen molar-refractivity contribution in [3.63, 3.8) is 0 Å². The molecule has 8 aromatic rings. The van der Waals surface area contributed by atoms with Crippen molar-refractivity contribution in [3.05, 3.63) is 165 Å². The number of carbonyl (C=O) groups excluding carboxylic acids is 4. The summed E-state index contributed by atoms with van der Waals surface area (Å²) >= 11 is 2.60. The molecule has 0 atom stereocenters. The number of piperidine rings is 1. The van der Waals surface area contributed by atoms with Crippen LogP contribution in [0, 0.1) is 0 Å². The smallest absolute Gasteiger partial charge is 0.303 e. The standard InChI is InChI=1S/C53H49N13O6S2/c1-63-47(44-46(61-63)49(70)65(33-57-44)32-53(72)23-27-64(28-24-53)42(68)21-14-34-8-4-2-5-9-34)38-15-12-35(13-16-38)30-56-41(67)22-25-54-48(69)39-19-17-36(18-20-39)40-31-74-52(58-40)66-50(71)45(59-60-51-55-26-29-73-51)43(62-66)37-10-6-3-7-11-37/h2-13,15-20,26,29,31,33,72H,14,21-25,27-28,30,32H2,1H3,(H,54,69)(H,55,60)(H,56,67)/b59-45+. The third-order valence-corrected chi connectivity index (χ3v) is 14.3. The maximum atomic E-state index is 13.7. The largest absolute Gasteiger partial charge is 0.388 e. The Bertz CT molecular complexity index is 3460. The van der Waals surface area contributed by atoms with E-state index in [4.69, 9.17) is 0 Å². The van der Waals surface area contributed by atoms with Crippen LogP contribution in [-0.2, 0) is 40.9 Å². The van der Waals surface area contributed by atoms with Gasteiger partial charge in [0.2, 0.25) is 22.1 Å². The lowest BCUT2D eigenvalue weighted by Crippen LogP contribution is -2.49. The lowest BCUT2D eigenvalue weighted by atomic mass is 9.91. The van der Waals surface area contributed by atoms with Crippen molar-refractivity contribution in [2.75, 3.05) is 30.1 Å². The lowest BCUT2D eigenvalue weighted by molar-refractivity contribution is -0.135. The summed E-state index contributed by atoms with van der Waals surface area (Å²) in [5, 5.41) is 36.4. The van der Waals surface area contributed by atoms with Gasteiger partial charge in [0.1, 0.15) is 11.2 Å². The van der Waals surface area contributed by atoms with Gasteiger partial charge >= 0.3 is 5.91 Å². The zero-order valence-electron chi connectivity index (χ0n) is 40.0. The van der Waals surface area contributed by atoms with E-state index < -0.39 is 11.5 Å². The number of anilines is 2. The van der Waals surface area contributed by atoms with Gasteiger partial charge in [0, 0.05) is 85.3 Å². The maximum Gasteiger partial charge on any atom is 0.303 e. The second-order valence-electron chi connectivity index (χ2n) is 17.9. The Morgan fingerprint density at radius 3 is 2.26 bits per heavy atom. The first-order valence-corrected chi connectivity index (χ1v) is 25.6. The quantitative estimate of drug-likeness (QED) is 0.0771. The van der Waals surface area contributed by atoms with E-state index in [-0.39, 0.29) is 60.6 Å². The molecule has 0 spiro atoms. The van der Waals surface area contributed by atoms with Crippen LogP contribution in [0.4, 0.5) is 10.3 Å². The molecule has 21 heteroatoms. The summed E-state index contributed by atoms with van der Waals surface area (Å²) in [5.41, 5.74) is 8.27. The van der Waals surface area contributed by atoms with Crippen molar-refractivity contribution in [2.45, 2.75) is 50.8 Å². The molecule has 10 rings (SSSR count). The Labute approximate surface area is 431 Å². The number of likely N-dealkylation sites (tertiary alicyclic amines) is 1. The Balaban J connectivity index is 0.685. The average molecular weight is 1030 g/mol. The Hall–Kier alpha value is -8.53. The van der Waals surface area contributed by atoms with Crippen molar-refractivity contribution in [1.82, 2.24) is 44.8 Å². The summed E-state index contributed by atoms with van der Waals surface area (Å²) < 4.78 is 3.01. The molecule has 19 nitrogen and oxygen atoms in total. The van der Waals surface area contributed by atoms with Gasteiger partial charge in [0.05, 0.1) is 29.9 Å². The molecule has 374 valence electrons. The summed E-state index contributed by atoms with van der Waals surface area (Å²) in [5.74, 6) is -0.967. The van der Waals surface area contributed by atoms with E-state index in [1.807, 2.05) is 90.3 Å². The number of amides is 4. The second-order valence-corrected chi connectivity index (χ2v) is 19.6. The molecule has 0 aliphatic carbocycles. The number of carbonyl (C=O) groups is 4. The van der Waals surface area contributed by atoms with E-state index in [0.717, 1.165) is 27.8 Å². The minimum absolute atomic E-state index is 0.0373. The molecular weight excluding hydrogens is 979 g/mol. The first-order chi connectivity index (χ1) is 36.0. The molecule has 0 radical (unpaired) electrons. The number of aliphatic hydroxyl groups is 1. The van der Waals surface area contributed by atoms with Crippen molar-refractivity contribution < 1.29 is 24.3 Å². The minimum atomic E-state index is -1.18. The number of fused-ring (bicyclic) bond motifs is 1. The number of hydrogen-bond donors (Lipinski definition) is 4. The molecule has 6 heterocycles. The SMILES string of the molecule is Cn1nc2c(=O)n(CC3(O)CCN(C(=O)CCc4ccccc4)CC3)cnc2c1-c1ccc(CNC(=O)CCNC(=O)c2ccc(-c3csc(N4N=C(c5ccccc5)/C(=N\Nc5nccs5)C4=O)n3)cc2)cc1. The number of rotatable bonds is 17. The summed E-state index contributed by atoms with van der Waals surface area (Å²) in [4.78, 5) is 81.3. The van der Waals surface area contributed by atoms with Gasteiger partial charge in [-0.2, -0.15) is 20.3 Å². The predicted molar refractivity (Wildman–Crippen MR) is 284 cm³/mol. The van der Waals surface area contributed by atoms with E-state index in [1.54, 1.807) is 52.5 Å². The van der Waals surface area contributed by atoms with Crippen LogP contribution in [0.25, 0.3) is 33.5 Å². The van der Waals surface area contributed by atoms with Gasteiger partial charge in [-0.15, -0.1) is 22.7 Å². The van der Waals surface area contributed by atoms with E-state index in [1.165, 1.54) is 38.6 Å². The molecule has 1 saturated heterocycles. The fourth-order valence-electron chi connectivity index (χ4n) is 8.78. The van der Waals surface area contributed by atoms with Gasteiger partial charge in [-0.05, 0) is 42.5 Å². The van der Waals surface area contributed by atoms with E-state index >= 15 is 0 Å². The number of thiazole rings is 2. The van der Waals surface area contributed by atoms with Gasteiger partial charge in [0.15, 0.2) is 11.2 Å². The molecule has 1 fully saturated rings. The number of hydrogen-bond acceptors (Lipinski definition) is 15. The van der Waals surface area contributed by atoms with Crippen LogP contribution in [0.2, 0.25) is 0 Å². The monoisotopic (exact) mass is 1030 g/mol. The Kier molecular flexibility index (Phi) is 14.4. The number of aromatic nitrogens is 6. The molecule has 0 saturated carbocycles. The molecule has 2 aliphatic rings. The molecule has 74 heavy (non-hydrogen) atoms. The van der Waals surface area contributed by atoms with Crippen molar-refractivity contribution >= 4 is 79.0 Å². The highest BCUT2D eigenvalue weighted by molar-refractivity contribution is 7.14. The van der Waals surface area contributed by atoms with Crippen molar-refractivity contribution in [1.29, 1.82) is 0 Å². The van der Waals surface area contributed by atoms with Crippen LogP contribution in [0.1, 0.15) is 52.7 Å². The van der Waals surface area contributed by atoms with Crippen LogP contribution in [0.3, 0.4) is 0 Å². The third kappa shape index (κ3) is 10.9. The zero-order valence-corrected chi connectivity index (χ0v) is 41.7. The topological polar surface area (TPSA) is 234 Å². The summed E-state index contributed by atoms with van der Waals surface area (Å²) in [6.07, 6.45) is 4.89. The van der Waals surface area contributed by atoms with Gasteiger partial charge in [-0.3, -0.25) is 38.6 Å². The number of nitrogens with zero attached hydrogens (tertiary/aromatic N) is 10. The Morgan fingerprint density at radius 2 is 1.53 bits per heavy atom. The number of benzene rings is 4. The van der Waals surface area contributed by atoms with Gasteiger partial charge in [-0.1, -0.05) is 97.1 Å². The summed E-state index contributed by atoms with van der Waals surface area (Å²) in [6, 6.07) is 33.6. The highest BCUT2D eigenvalue weighted by atomic mass is 32.1. The molecule has 0 unspecified atom stereocenters. The lowest BCUT2D eigenvalue weighted by Gasteiger charge is -2.38. The molecule has 4 N–H and O–H groups in total. The number of hydrazone groups is 2. The normalized spacial score (nSPS) is 14.9. The van der Waals surface area contributed by atoms with E-state index in [9.17, 15) is 29.1 Å². The summed E-state index contributed by atoms with van der Waals surface area (Å²) in [6.45, 7) is 1.23. The van der Waals surface area contributed by atoms with E-state index in [2.05, 4.69) is 46.3 Å². The van der Waals surface area contributed by atoms with Crippen LogP contribution >= 0.6 is 22.7 Å². The maximum absolute atomic E-state index is 13.7. The minimum Gasteiger partial charge on any atom is -0.388 e. The molecule has 2 aliphatic heterocycles. The van der Waals surface area contributed by atoms with Crippen LogP contribution in [-0.4, -0.2) is 99.6 Å². The fourth-order valence-corrected chi connectivity index (χ4v) is 10.0. The van der Waals surface area contributed by atoms with Gasteiger partial charge in [-0.25, -0.2) is 15.0 Å². The van der Waals surface area contributed by atoms with Crippen LogP contribution in [0.15, 0.2) is 147 Å². The highest BCUT2D eigenvalue weighted by Gasteiger charge is 2.37. The van der Waals surface area contributed by atoms with Crippen LogP contribution in [0.5, 0.6) is 0 Å². The summed E-state index contributed by atoms with van der Waals surface area (Å²) in [7, 11) is 1.74. The highest BCUT2D eigenvalue weighted by Crippen LogP contribution is 2.32. The fraction of sp³-hybridized carbons (Fsp3) is 0.226. The molecule has 4 aromatic carbocycles. The molecular formula is C53H49N13O6S2. The second kappa shape index (κ2) is 21.7. The molecule has 0 bridgehead atoms. The van der Waals surface area contributed by atoms with Crippen LogP contribution < -0.4 is 26.6 Å². The zero-order chi connectivity index (χ0) is 51.2. The van der Waals surface area contributed by atoms with Crippen molar-refractivity contribution in [3.8, 4) is 22.5 Å². The average Bonchev–Trinajstić information content (AvgIpc) is 4.26. The van der Waals surface area contributed by atoms with Gasteiger partial charge < -0.3 is 20.6 Å². The third-order valence-electron chi connectivity index (χ3n) is 12.8. The molecule has 4 aromatic heterocycles. The number of nitrogens with one attached hydrogen (secondary N) is 3. The first kappa shape index (κ1) is 49.1. The predicted octanol–water partition coefficient (Wildman–Crippen LogP) is 6.02. The van der Waals surface area contributed by atoms with E-state index in [0.29, 0.717) is 77.2 Å². The first-order valence-electron chi connectivity index (χ1n) is 23.9. The molecule has 4 amide bonds. The number of aryl methyl sites for hydroxylation is 2. The van der Waals surface area contributed by atoms with Crippen molar-refractivity contribution in [2.24, 2.45) is 17.3 Å².